The van der Waals surface area contributed by atoms with Gasteiger partial charge in [0.2, 0.25) is 0 Å². The molecule has 0 atom stereocenters. The van der Waals surface area contributed by atoms with Crippen molar-refractivity contribution in [2.75, 3.05) is 11.9 Å². The molecule has 1 aliphatic heterocycles. The van der Waals surface area contributed by atoms with Crippen LogP contribution in [0.4, 0.5) is 5.69 Å². The molecule has 0 saturated carbocycles. The Labute approximate surface area is 174 Å². The minimum absolute atomic E-state index is 0.0459. The first-order valence-corrected chi connectivity index (χ1v) is 9.28. The Morgan fingerprint density at radius 2 is 1.79 bits per heavy atom. The van der Waals surface area contributed by atoms with Crippen LogP contribution in [0.1, 0.15) is 5.56 Å². The molecule has 1 heterocycles. The minimum atomic E-state index is -0.610. The largest absolute Gasteiger partial charge is 0.483 e. The third kappa shape index (κ3) is 5.02. The SMILES string of the molecule is O=C(COc1ccc(Br)cc1C=C1C(=O)NC(=S)NC1=O)Nc1ccccc1. The van der Waals surface area contributed by atoms with Crippen molar-refractivity contribution in [3.8, 4) is 5.75 Å². The van der Waals surface area contributed by atoms with Gasteiger partial charge >= 0.3 is 0 Å². The number of hydrogen-bond acceptors (Lipinski definition) is 5. The first kappa shape index (κ1) is 19.7. The Bertz CT molecular complexity index is 970. The van der Waals surface area contributed by atoms with Crippen LogP contribution in [0.3, 0.4) is 0 Å². The molecule has 1 aliphatic rings. The molecular formula is C19H14BrN3O4S. The van der Waals surface area contributed by atoms with Gasteiger partial charge in [0, 0.05) is 15.7 Å². The van der Waals surface area contributed by atoms with E-state index in [4.69, 9.17) is 17.0 Å². The summed E-state index contributed by atoms with van der Waals surface area (Å²) in [6, 6.07) is 14.0. The zero-order chi connectivity index (χ0) is 20.1. The van der Waals surface area contributed by atoms with Crippen molar-refractivity contribution in [3.63, 3.8) is 0 Å². The first-order chi connectivity index (χ1) is 13.4. The van der Waals surface area contributed by atoms with Crippen LogP contribution in [-0.2, 0) is 14.4 Å². The highest BCUT2D eigenvalue weighted by molar-refractivity contribution is 9.10. The third-order valence-electron chi connectivity index (χ3n) is 3.63. The number of ether oxygens (including phenoxy) is 1. The van der Waals surface area contributed by atoms with E-state index in [1.807, 2.05) is 6.07 Å². The molecule has 1 fully saturated rings. The van der Waals surface area contributed by atoms with Gasteiger partial charge in [0.25, 0.3) is 17.7 Å². The number of nitrogens with one attached hydrogen (secondary N) is 3. The summed E-state index contributed by atoms with van der Waals surface area (Å²) in [6.45, 7) is -0.241. The second-order valence-corrected chi connectivity index (χ2v) is 7.00. The summed E-state index contributed by atoms with van der Waals surface area (Å²) in [5, 5.41) is 7.40. The number of hydrogen-bond donors (Lipinski definition) is 3. The highest BCUT2D eigenvalue weighted by Crippen LogP contribution is 2.26. The summed E-state index contributed by atoms with van der Waals surface area (Å²) in [7, 11) is 0. The second-order valence-electron chi connectivity index (χ2n) is 5.68. The highest BCUT2D eigenvalue weighted by atomic mass is 79.9. The van der Waals surface area contributed by atoms with E-state index in [-0.39, 0.29) is 23.2 Å². The van der Waals surface area contributed by atoms with Gasteiger partial charge in [-0.2, -0.15) is 0 Å². The lowest BCUT2D eigenvalue weighted by Gasteiger charge is -2.17. The second kappa shape index (κ2) is 8.77. The van der Waals surface area contributed by atoms with Crippen LogP contribution in [-0.4, -0.2) is 29.4 Å². The fraction of sp³-hybridized carbons (Fsp3) is 0.0526. The molecule has 0 aromatic heterocycles. The fourth-order valence-corrected chi connectivity index (χ4v) is 2.95. The molecule has 9 heteroatoms. The molecule has 3 N–H and O–H groups in total. The van der Waals surface area contributed by atoms with E-state index in [0.29, 0.717) is 21.5 Å². The molecule has 0 aliphatic carbocycles. The summed E-state index contributed by atoms with van der Waals surface area (Å²) >= 11 is 8.12. The van der Waals surface area contributed by atoms with Crippen LogP contribution in [0.25, 0.3) is 6.08 Å². The number of benzene rings is 2. The molecule has 0 bridgehead atoms. The molecule has 2 aromatic carbocycles. The molecule has 0 radical (unpaired) electrons. The Morgan fingerprint density at radius 1 is 1.11 bits per heavy atom. The van der Waals surface area contributed by atoms with Crippen molar-refractivity contribution >= 4 is 62.7 Å². The molecule has 3 amide bonds. The monoisotopic (exact) mass is 459 g/mol. The maximum atomic E-state index is 12.1. The van der Waals surface area contributed by atoms with Gasteiger partial charge in [-0.1, -0.05) is 34.1 Å². The number of thiocarbonyl (C=S) groups is 1. The van der Waals surface area contributed by atoms with Crippen LogP contribution < -0.4 is 20.7 Å². The molecule has 0 unspecified atom stereocenters. The normalized spacial score (nSPS) is 13.5. The van der Waals surface area contributed by atoms with Crippen molar-refractivity contribution in [2.45, 2.75) is 0 Å². The number of rotatable bonds is 5. The molecule has 142 valence electrons. The summed E-state index contributed by atoms with van der Waals surface area (Å²) in [5.74, 6) is -1.22. The van der Waals surface area contributed by atoms with Gasteiger partial charge in [-0.3, -0.25) is 25.0 Å². The van der Waals surface area contributed by atoms with E-state index in [0.717, 1.165) is 0 Å². The third-order valence-corrected chi connectivity index (χ3v) is 4.33. The molecule has 1 saturated heterocycles. The van der Waals surface area contributed by atoms with E-state index >= 15 is 0 Å². The Hall–Kier alpha value is -3.04. The Balaban J connectivity index is 1.76. The van der Waals surface area contributed by atoms with Crippen molar-refractivity contribution in [3.05, 3.63) is 64.1 Å². The average molecular weight is 460 g/mol. The van der Waals surface area contributed by atoms with E-state index < -0.39 is 11.8 Å². The van der Waals surface area contributed by atoms with Gasteiger partial charge in [0.05, 0.1) is 0 Å². The van der Waals surface area contributed by atoms with E-state index in [2.05, 4.69) is 31.9 Å². The number of halogens is 1. The van der Waals surface area contributed by atoms with Gasteiger partial charge in [-0.15, -0.1) is 0 Å². The topological polar surface area (TPSA) is 96.5 Å². The van der Waals surface area contributed by atoms with E-state index in [1.165, 1.54) is 6.08 Å². The lowest BCUT2D eigenvalue weighted by molar-refractivity contribution is -0.123. The lowest BCUT2D eigenvalue weighted by atomic mass is 10.1. The van der Waals surface area contributed by atoms with Crippen LogP contribution in [0.5, 0.6) is 5.75 Å². The first-order valence-electron chi connectivity index (χ1n) is 8.08. The number of carbonyl (C=O) groups is 3. The molecule has 0 spiro atoms. The number of carbonyl (C=O) groups excluding carboxylic acids is 3. The average Bonchev–Trinajstić information content (AvgIpc) is 2.64. The van der Waals surface area contributed by atoms with Crippen molar-refractivity contribution in [2.24, 2.45) is 0 Å². The molecule has 7 nitrogen and oxygen atoms in total. The van der Waals surface area contributed by atoms with Gasteiger partial charge in [-0.05, 0) is 48.6 Å². The summed E-state index contributed by atoms with van der Waals surface area (Å²) < 4.78 is 6.31. The zero-order valence-electron chi connectivity index (χ0n) is 14.3. The van der Waals surface area contributed by atoms with Gasteiger partial charge < -0.3 is 10.1 Å². The predicted molar refractivity (Wildman–Crippen MR) is 112 cm³/mol. The van der Waals surface area contributed by atoms with E-state index in [1.54, 1.807) is 42.5 Å². The summed E-state index contributed by atoms with van der Waals surface area (Å²) in [6.07, 6.45) is 1.38. The maximum absolute atomic E-state index is 12.1. The van der Waals surface area contributed by atoms with Gasteiger partial charge in [-0.25, -0.2) is 0 Å². The van der Waals surface area contributed by atoms with Crippen LogP contribution >= 0.6 is 28.1 Å². The molecular weight excluding hydrogens is 446 g/mol. The maximum Gasteiger partial charge on any atom is 0.263 e. The lowest BCUT2D eigenvalue weighted by Crippen LogP contribution is -2.51. The fourth-order valence-electron chi connectivity index (χ4n) is 2.39. The van der Waals surface area contributed by atoms with Crippen LogP contribution in [0, 0.1) is 0 Å². The predicted octanol–water partition coefficient (Wildman–Crippen LogP) is 2.38. The molecule has 3 rings (SSSR count). The van der Waals surface area contributed by atoms with Crippen molar-refractivity contribution in [1.82, 2.24) is 10.6 Å². The van der Waals surface area contributed by atoms with Crippen LogP contribution in [0.15, 0.2) is 58.6 Å². The van der Waals surface area contributed by atoms with Crippen molar-refractivity contribution in [1.29, 1.82) is 0 Å². The number of anilines is 1. The van der Waals surface area contributed by atoms with Gasteiger partial charge in [0.1, 0.15) is 11.3 Å². The Kier molecular flexibility index (Phi) is 6.17. The zero-order valence-corrected chi connectivity index (χ0v) is 16.7. The Morgan fingerprint density at radius 3 is 2.46 bits per heavy atom. The quantitative estimate of drug-likeness (QED) is 0.362. The standard InChI is InChI=1S/C19H14BrN3O4S/c20-12-6-7-15(27-10-16(24)21-13-4-2-1-3-5-13)11(8-12)9-14-17(25)22-19(28)23-18(14)26/h1-9H,10H2,(H,21,24)(H2,22,23,25,26,28). The summed E-state index contributed by atoms with van der Waals surface area (Å²) in [5.41, 5.74) is 0.987. The molecule has 28 heavy (non-hydrogen) atoms. The highest BCUT2D eigenvalue weighted by Gasteiger charge is 2.26. The van der Waals surface area contributed by atoms with Crippen molar-refractivity contribution < 1.29 is 19.1 Å². The van der Waals surface area contributed by atoms with Gasteiger partial charge in [0.15, 0.2) is 11.7 Å². The molecule has 2 aromatic rings. The minimum Gasteiger partial charge on any atom is -0.483 e. The number of amides is 3. The smallest absolute Gasteiger partial charge is 0.263 e. The number of para-hydroxylation sites is 1. The van der Waals surface area contributed by atoms with E-state index in [9.17, 15) is 14.4 Å². The summed E-state index contributed by atoms with van der Waals surface area (Å²) in [4.78, 5) is 36.2. The van der Waals surface area contributed by atoms with Crippen LogP contribution in [0.2, 0.25) is 0 Å².